The molecule has 3 nitrogen and oxygen atoms in total. The number of halogens is 2. The van der Waals surface area contributed by atoms with Crippen molar-refractivity contribution in [3.8, 4) is 0 Å². The van der Waals surface area contributed by atoms with Crippen LogP contribution in [0.5, 0.6) is 0 Å². The van der Waals surface area contributed by atoms with Crippen LogP contribution >= 0.6 is 0 Å². The highest BCUT2D eigenvalue weighted by atomic mass is 19.3. The fourth-order valence-corrected chi connectivity index (χ4v) is 4.80. The van der Waals surface area contributed by atoms with Crippen LogP contribution in [0.2, 0.25) is 0 Å². The maximum atomic E-state index is 12.8. The lowest BCUT2D eigenvalue weighted by molar-refractivity contribution is -0.201. The van der Waals surface area contributed by atoms with Crippen LogP contribution in [0.4, 0.5) is 8.78 Å². The molecule has 19 heavy (non-hydrogen) atoms. The molecule has 4 fully saturated rings. The second-order valence-electron chi connectivity index (χ2n) is 7.11. The van der Waals surface area contributed by atoms with Gasteiger partial charge in [0.15, 0.2) is 6.61 Å². The lowest BCUT2D eigenvalue weighted by atomic mass is 9.48. The minimum absolute atomic E-state index is 0.348. The van der Waals surface area contributed by atoms with Crippen LogP contribution < -0.4 is 0 Å². The van der Waals surface area contributed by atoms with E-state index in [4.69, 9.17) is 4.74 Å². The molecular formula is C14H20F2O3. The number of esters is 1. The van der Waals surface area contributed by atoms with E-state index in [0.717, 1.165) is 26.2 Å². The van der Waals surface area contributed by atoms with Crippen LogP contribution in [-0.2, 0) is 9.53 Å². The SMILES string of the molecule is CC(F)(F)COC(=O)C12CC3CC(CC(O)(C3)C1)C2. The number of carbonyl (C=O) groups excluding carboxylic acids is 1. The summed E-state index contributed by atoms with van der Waals surface area (Å²) in [6.07, 6.45) is 4.34. The molecule has 2 unspecified atom stereocenters. The van der Waals surface area contributed by atoms with E-state index < -0.39 is 29.5 Å². The third-order valence-electron chi connectivity index (χ3n) is 4.92. The summed E-state index contributed by atoms with van der Waals surface area (Å²) in [5.74, 6) is -2.82. The first-order valence-corrected chi connectivity index (χ1v) is 6.97. The molecule has 4 aliphatic carbocycles. The van der Waals surface area contributed by atoms with Gasteiger partial charge >= 0.3 is 5.97 Å². The second kappa shape index (κ2) is 3.90. The Bertz CT molecular complexity index is 388. The van der Waals surface area contributed by atoms with E-state index in [1.54, 1.807) is 0 Å². The molecule has 4 saturated carbocycles. The lowest BCUT2D eigenvalue weighted by Crippen LogP contribution is -2.58. The van der Waals surface area contributed by atoms with Crippen molar-refractivity contribution in [1.82, 2.24) is 0 Å². The van der Waals surface area contributed by atoms with Gasteiger partial charge in [-0.05, 0) is 50.4 Å². The third-order valence-corrected chi connectivity index (χ3v) is 4.92. The number of aliphatic hydroxyl groups is 1. The molecule has 4 bridgehead atoms. The monoisotopic (exact) mass is 274 g/mol. The molecule has 4 aliphatic rings. The fourth-order valence-electron chi connectivity index (χ4n) is 4.80. The zero-order valence-electron chi connectivity index (χ0n) is 11.1. The van der Waals surface area contributed by atoms with Crippen molar-refractivity contribution >= 4 is 5.97 Å². The summed E-state index contributed by atoms with van der Waals surface area (Å²) in [5, 5.41) is 10.5. The lowest BCUT2D eigenvalue weighted by Gasteiger charge is -2.58. The van der Waals surface area contributed by atoms with Gasteiger partial charge in [-0.15, -0.1) is 0 Å². The molecular weight excluding hydrogens is 254 g/mol. The number of rotatable bonds is 3. The summed E-state index contributed by atoms with van der Waals surface area (Å²) >= 11 is 0. The molecule has 0 radical (unpaired) electrons. The molecule has 0 aromatic heterocycles. The highest BCUT2D eigenvalue weighted by Gasteiger charge is 2.61. The summed E-state index contributed by atoms with van der Waals surface area (Å²) in [7, 11) is 0. The van der Waals surface area contributed by atoms with Crippen molar-refractivity contribution < 1.29 is 23.4 Å². The molecule has 1 N–H and O–H groups in total. The van der Waals surface area contributed by atoms with Crippen LogP contribution in [0.25, 0.3) is 0 Å². The first kappa shape index (κ1) is 13.3. The predicted octanol–water partition coefficient (Wildman–Crippen LogP) is 2.52. The van der Waals surface area contributed by atoms with Crippen LogP contribution in [-0.4, -0.2) is 29.2 Å². The summed E-state index contributed by atoms with van der Waals surface area (Å²) in [4.78, 5) is 12.2. The van der Waals surface area contributed by atoms with Gasteiger partial charge in [0.05, 0.1) is 11.0 Å². The molecule has 0 saturated heterocycles. The molecule has 108 valence electrons. The van der Waals surface area contributed by atoms with Crippen LogP contribution in [0, 0.1) is 17.3 Å². The maximum Gasteiger partial charge on any atom is 0.312 e. The molecule has 5 heteroatoms. The van der Waals surface area contributed by atoms with Gasteiger partial charge in [-0.3, -0.25) is 4.79 Å². The standard InChI is InChI=1S/C14H20F2O3/c1-12(15,16)8-19-11(17)13-3-9-2-10(4-13)6-14(18,5-9)7-13/h9-10,18H,2-8H2,1H3. The van der Waals surface area contributed by atoms with Crippen LogP contribution in [0.3, 0.4) is 0 Å². The quantitative estimate of drug-likeness (QED) is 0.804. The Morgan fingerprint density at radius 1 is 1.32 bits per heavy atom. The molecule has 0 aliphatic heterocycles. The van der Waals surface area contributed by atoms with Gasteiger partial charge in [-0.25, -0.2) is 8.78 Å². The highest BCUT2D eigenvalue weighted by Crippen LogP contribution is 2.62. The Morgan fingerprint density at radius 2 is 1.89 bits per heavy atom. The second-order valence-corrected chi connectivity index (χ2v) is 7.11. The topological polar surface area (TPSA) is 46.5 Å². The minimum atomic E-state index is -2.99. The molecule has 0 aromatic rings. The maximum absolute atomic E-state index is 12.8. The van der Waals surface area contributed by atoms with E-state index in [9.17, 15) is 18.7 Å². The molecule has 2 atom stereocenters. The average Bonchev–Trinajstić information content (AvgIpc) is 2.21. The van der Waals surface area contributed by atoms with E-state index in [1.807, 2.05) is 0 Å². The van der Waals surface area contributed by atoms with Gasteiger partial charge in [0.2, 0.25) is 0 Å². The third kappa shape index (κ3) is 2.37. The highest BCUT2D eigenvalue weighted by molar-refractivity contribution is 5.77. The Kier molecular flexibility index (Phi) is 2.73. The van der Waals surface area contributed by atoms with Crippen molar-refractivity contribution in [2.75, 3.05) is 6.61 Å². The normalized spacial score (nSPS) is 44.4. The van der Waals surface area contributed by atoms with Gasteiger partial charge in [-0.1, -0.05) is 0 Å². The van der Waals surface area contributed by atoms with Crippen molar-refractivity contribution in [2.45, 2.75) is 57.0 Å². The van der Waals surface area contributed by atoms with Crippen molar-refractivity contribution in [1.29, 1.82) is 0 Å². The van der Waals surface area contributed by atoms with Gasteiger partial charge < -0.3 is 9.84 Å². The number of hydrogen-bond donors (Lipinski definition) is 1. The molecule has 4 rings (SSSR count). The van der Waals surface area contributed by atoms with Gasteiger partial charge in [0.25, 0.3) is 5.92 Å². The first-order chi connectivity index (χ1) is 8.70. The summed E-state index contributed by atoms with van der Waals surface area (Å²) < 4.78 is 30.4. The van der Waals surface area contributed by atoms with E-state index >= 15 is 0 Å². The minimum Gasteiger partial charge on any atom is -0.459 e. The van der Waals surface area contributed by atoms with Crippen LogP contribution in [0.15, 0.2) is 0 Å². The average molecular weight is 274 g/mol. The zero-order chi connectivity index (χ0) is 13.9. The first-order valence-electron chi connectivity index (χ1n) is 6.97. The summed E-state index contributed by atoms with van der Waals surface area (Å²) in [6, 6.07) is 0. The predicted molar refractivity (Wildman–Crippen MR) is 63.6 cm³/mol. The molecule has 0 spiro atoms. The number of hydrogen-bond acceptors (Lipinski definition) is 3. The van der Waals surface area contributed by atoms with Crippen molar-refractivity contribution in [3.63, 3.8) is 0 Å². The molecule has 0 heterocycles. The fraction of sp³-hybridized carbons (Fsp3) is 0.929. The van der Waals surface area contributed by atoms with Gasteiger partial charge in [-0.2, -0.15) is 0 Å². The largest absolute Gasteiger partial charge is 0.459 e. The molecule has 0 amide bonds. The number of ether oxygens (including phenoxy) is 1. The van der Waals surface area contributed by atoms with Gasteiger partial charge in [0, 0.05) is 6.92 Å². The van der Waals surface area contributed by atoms with Crippen LogP contribution in [0.1, 0.15) is 45.4 Å². The van der Waals surface area contributed by atoms with E-state index in [1.165, 1.54) is 0 Å². The zero-order valence-corrected chi connectivity index (χ0v) is 11.1. The number of carbonyl (C=O) groups is 1. The Hall–Kier alpha value is -0.710. The van der Waals surface area contributed by atoms with Crippen molar-refractivity contribution in [3.05, 3.63) is 0 Å². The van der Waals surface area contributed by atoms with Crippen molar-refractivity contribution in [2.24, 2.45) is 17.3 Å². The van der Waals surface area contributed by atoms with E-state index in [2.05, 4.69) is 0 Å². The van der Waals surface area contributed by atoms with Gasteiger partial charge in [0.1, 0.15) is 0 Å². The summed E-state index contributed by atoms with van der Waals surface area (Å²) in [5.41, 5.74) is -1.47. The Labute approximate surface area is 111 Å². The Morgan fingerprint density at radius 3 is 2.37 bits per heavy atom. The molecule has 0 aromatic carbocycles. The summed E-state index contributed by atoms with van der Waals surface area (Å²) in [6.45, 7) is -0.116. The Balaban J connectivity index is 1.74. The van der Waals surface area contributed by atoms with E-state index in [0.29, 0.717) is 31.1 Å². The van der Waals surface area contributed by atoms with E-state index in [-0.39, 0.29) is 0 Å². The smallest absolute Gasteiger partial charge is 0.312 e. The number of alkyl halides is 2.